The molecule has 0 amide bonds. The summed E-state index contributed by atoms with van der Waals surface area (Å²) in [7, 11) is 0. The summed E-state index contributed by atoms with van der Waals surface area (Å²) in [6.45, 7) is 4.47. The fourth-order valence-corrected chi connectivity index (χ4v) is 4.85. The van der Waals surface area contributed by atoms with E-state index in [1.165, 1.54) is 73.6 Å². The van der Waals surface area contributed by atoms with Crippen molar-refractivity contribution in [3.63, 3.8) is 0 Å². The molecule has 190 valence electrons. The Kier molecular flexibility index (Phi) is 9.96. The maximum Gasteiger partial charge on any atom is 0.146 e. The summed E-state index contributed by atoms with van der Waals surface area (Å²) in [4.78, 5) is 0. The van der Waals surface area contributed by atoms with Crippen molar-refractivity contribution < 1.29 is 4.39 Å². The minimum absolute atomic E-state index is 0.229. The predicted octanol–water partition coefficient (Wildman–Crippen LogP) is 10.3. The van der Waals surface area contributed by atoms with Gasteiger partial charge in [-0.25, -0.2) is 4.39 Å². The van der Waals surface area contributed by atoms with Crippen LogP contribution >= 0.6 is 0 Å². The lowest BCUT2D eigenvalue weighted by Gasteiger charge is -2.06. The summed E-state index contributed by atoms with van der Waals surface area (Å²) in [6, 6.07) is 27.0. The second-order valence-electron chi connectivity index (χ2n) is 10.1. The number of halogens is 1. The van der Waals surface area contributed by atoms with Gasteiger partial charge in [0.2, 0.25) is 0 Å². The molecule has 0 aliphatic rings. The van der Waals surface area contributed by atoms with E-state index in [4.69, 9.17) is 0 Å². The number of unbranched alkanes of at least 4 members (excludes halogenated alkanes) is 6. The Bertz CT molecular complexity index is 1330. The third-order valence-corrected chi connectivity index (χ3v) is 7.17. The lowest BCUT2D eigenvalue weighted by molar-refractivity contribution is 0.632. The molecule has 0 saturated carbocycles. The summed E-state index contributed by atoms with van der Waals surface area (Å²) in [5.41, 5.74) is 6.40. The zero-order valence-corrected chi connectivity index (χ0v) is 22.5. The lowest BCUT2D eigenvalue weighted by atomic mass is 9.99. The van der Waals surface area contributed by atoms with E-state index in [9.17, 15) is 0 Å². The first-order valence-corrected chi connectivity index (χ1v) is 14.1. The van der Waals surface area contributed by atoms with Crippen molar-refractivity contribution in [3.05, 3.63) is 107 Å². The number of rotatable bonds is 11. The van der Waals surface area contributed by atoms with Crippen LogP contribution in [0.4, 0.5) is 4.39 Å². The van der Waals surface area contributed by atoms with Crippen LogP contribution in [0.25, 0.3) is 21.9 Å². The Morgan fingerprint density at radius 1 is 0.568 bits per heavy atom. The fraction of sp³-hybridized carbons (Fsp3) is 0.333. The molecule has 0 aliphatic carbocycles. The van der Waals surface area contributed by atoms with E-state index in [-0.39, 0.29) is 5.82 Å². The van der Waals surface area contributed by atoms with Gasteiger partial charge < -0.3 is 0 Å². The number of fused-ring (bicyclic) bond motifs is 1. The summed E-state index contributed by atoms with van der Waals surface area (Å²) < 4.78 is 15.2. The van der Waals surface area contributed by atoms with Crippen molar-refractivity contribution in [1.82, 2.24) is 0 Å². The van der Waals surface area contributed by atoms with Crippen molar-refractivity contribution in [2.24, 2.45) is 0 Å². The fourth-order valence-electron chi connectivity index (χ4n) is 4.85. The monoisotopic (exact) mass is 490 g/mol. The van der Waals surface area contributed by atoms with E-state index in [1.807, 2.05) is 24.3 Å². The minimum Gasteiger partial charge on any atom is -0.205 e. The second-order valence-corrected chi connectivity index (χ2v) is 10.1. The van der Waals surface area contributed by atoms with Gasteiger partial charge in [0.1, 0.15) is 5.82 Å². The summed E-state index contributed by atoms with van der Waals surface area (Å²) in [5.74, 6) is 5.97. The summed E-state index contributed by atoms with van der Waals surface area (Å²) in [5, 5.41) is 1.59. The standard InChI is InChI=1S/C36H39F/c1-3-5-7-8-10-11-28-13-19-31(20-14-28)32-21-15-29(16-22-32)17-23-33-24-25-34-27-30(12-9-6-4-2)18-26-35(34)36(33)37/h13-16,18-22,24-27H,3-12H2,1-2H3. The molecule has 0 aliphatic heterocycles. The molecule has 1 heteroatoms. The average molecular weight is 491 g/mol. The van der Waals surface area contributed by atoms with Gasteiger partial charge in [-0.1, -0.05) is 125 Å². The third-order valence-electron chi connectivity index (χ3n) is 7.17. The highest BCUT2D eigenvalue weighted by atomic mass is 19.1. The number of benzene rings is 4. The predicted molar refractivity (Wildman–Crippen MR) is 157 cm³/mol. The molecule has 4 aromatic carbocycles. The zero-order chi connectivity index (χ0) is 25.9. The van der Waals surface area contributed by atoms with Gasteiger partial charge in [-0.2, -0.15) is 0 Å². The zero-order valence-electron chi connectivity index (χ0n) is 22.5. The molecule has 0 unspecified atom stereocenters. The normalized spacial score (nSPS) is 10.9. The van der Waals surface area contributed by atoms with E-state index in [1.54, 1.807) is 6.07 Å². The molecular formula is C36H39F. The first-order valence-electron chi connectivity index (χ1n) is 14.1. The summed E-state index contributed by atoms with van der Waals surface area (Å²) in [6.07, 6.45) is 12.4. The van der Waals surface area contributed by atoms with E-state index in [2.05, 4.69) is 74.2 Å². The van der Waals surface area contributed by atoms with Gasteiger partial charge in [0.15, 0.2) is 0 Å². The Morgan fingerprint density at radius 2 is 1.16 bits per heavy atom. The van der Waals surface area contributed by atoms with Crippen molar-refractivity contribution in [2.45, 2.75) is 78.1 Å². The maximum atomic E-state index is 15.2. The van der Waals surface area contributed by atoms with Crippen LogP contribution < -0.4 is 0 Å². The van der Waals surface area contributed by atoms with Gasteiger partial charge in [-0.05, 0) is 71.5 Å². The van der Waals surface area contributed by atoms with Gasteiger partial charge in [0, 0.05) is 10.9 Å². The van der Waals surface area contributed by atoms with Crippen LogP contribution in [-0.2, 0) is 12.8 Å². The molecule has 37 heavy (non-hydrogen) atoms. The van der Waals surface area contributed by atoms with Gasteiger partial charge in [0.25, 0.3) is 0 Å². The van der Waals surface area contributed by atoms with E-state index < -0.39 is 0 Å². The lowest BCUT2D eigenvalue weighted by Crippen LogP contribution is -1.90. The van der Waals surface area contributed by atoms with Gasteiger partial charge >= 0.3 is 0 Å². The van der Waals surface area contributed by atoms with Crippen LogP contribution in [0.3, 0.4) is 0 Å². The first kappa shape index (κ1) is 26.7. The van der Waals surface area contributed by atoms with E-state index in [0.717, 1.165) is 23.8 Å². The molecule has 0 N–H and O–H groups in total. The number of hydrogen-bond acceptors (Lipinski definition) is 0. The topological polar surface area (TPSA) is 0 Å². The van der Waals surface area contributed by atoms with Crippen LogP contribution in [0.1, 0.15) is 87.5 Å². The van der Waals surface area contributed by atoms with Crippen molar-refractivity contribution >= 4 is 10.8 Å². The molecule has 0 fully saturated rings. The quantitative estimate of drug-likeness (QED) is 0.145. The Balaban J connectivity index is 1.40. The Morgan fingerprint density at radius 3 is 1.89 bits per heavy atom. The second kappa shape index (κ2) is 13.8. The van der Waals surface area contributed by atoms with Crippen LogP contribution in [0.15, 0.2) is 78.9 Å². The molecule has 0 radical (unpaired) electrons. The SMILES string of the molecule is CCCCCCCc1ccc(-c2ccc(C#Cc3ccc4cc(CCCCC)ccc4c3F)cc2)cc1. The van der Waals surface area contributed by atoms with Gasteiger partial charge in [-0.3, -0.25) is 0 Å². The highest BCUT2D eigenvalue weighted by molar-refractivity contribution is 5.85. The van der Waals surface area contributed by atoms with E-state index in [0.29, 0.717) is 10.9 Å². The van der Waals surface area contributed by atoms with Crippen LogP contribution in [0, 0.1) is 17.7 Å². The molecule has 0 nitrogen and oxygen atoms in total. The molecule has 0 aromatic heterocycles. The van der Waals surface area contributed by atoms with Crippen LogP contribution in [0.5, 0.6) is 0 Å². The highest BCUT2D eigenvalue weighted by Crippen LogP contribution is 2.24. The number of hydrogen-bond donors (Lipinski definition) is 0. The Hall–Kier alpha value is -3.37. The van der Waals surface area contributed by atoms with Crippen molar-refractivity contribution in [2.75, 3.05) is 0 Å². The van der Waals surface area contributed by atoms with Crippen LogP contribution in [-0.4, -0.2) is 0 Å². The molecule has 0 saturated heterocycles. The van der Waals surface area contributed by atoms with Gasteiger partial charge in [0.05, 0.1) is 5.56 Å². The van der Waals surface area contributed by atoms with Gasteiger partial charge in [-0.15, -0.1) is 0 Å². The largest absolute Gasteiger partial charge is 0.205 e. The van der Waals surface area contributed by atoms with E-state index >= 15 is 4.39 Å². The molecule has 0 atom stereocenters. The van der Waals surface area contributed by atoms with Crippen molar-refractivity contribution in [1.29, 1.82) is 0 Å². The molecule has 0 heterocycles. The average Bonchev–Trinajstić information content (AvgIpc) is 2.93. The number of aryl methyl sites for hydroxylation is 2. The highest BCUT2D eigenvalue weighted by Gasteiger charge is 2.07. The summed E-state index contributed by atoms with van der Waals surface area (Å²) >= 11 is 0. The smallest absolute Gasteiger partial charge is 0.146 e. The van der Waals surface area contributed by atoms with Crippen LogP contribution in [0.2, 0.25) is 0 Å². The third kappa shape index (κ3) is 7.56. The molecule has 0 spiro atoms. The molecular weight excluding hydrogens is 451 g/mol. The maximum absolute atomic E-state index is 15.2. The Labute approximate surface area is 223 Å². The molecule has 4 aromatic rings. The molecule has 4 rings (SSSR count). The first-order chi connectivity index (χ1) is 18.2. The van der Waals surface area contributed by atoms with Crippen molar-refractivity contribution in [3.8, 4) is 23.0 Å². The molecule has 0 bridgehead atoms. The minimum atomic E-state index is -0.229.